The van der Waals surface area contributed by atoms with Crippen LogP contribution in [0.15, 0.2) is 54.7 Å². The van der Waals surface area contributed by atoms with E-state index in [1.807, 2.05) is 12.1 Å². The monoisotopic (exact) mass is 255 g/mol. The van der Waals surface area contributed by atoms with Crippen molar-refractivity contribution in [2.24, 2.45) is 0 Å². The molecule has 0 aliphatic rings. The summed E-state index contributed by atoms with van der Waals surface area (Å²) >= 11 is 6.00. The van der Waals surface area contributed by atoms with Gasteiger partial charge in [-0.05, 0) is 42.3 Å². The van der Waals surface area contributed by atoms with E-state index in [1.165, 1.54) is 22.0 Å². The van der Waals surface area contributed by atoms with Gasteiger partial charge in [-0.1, -0.05) is 35.9 Å². The average molecular weight is 256 g/mol. The average Bonchev–Trinajstić information content (AvgIpc) is 2.74. The zero-order valence-corrected chi connectivity index (χ0v) is 11.0. The SMILES string of the molecule is Cc1ccccc1Cn1ccc2cc(Cl)ccc21. The number of rotatable bonds is 2. The predicted octanol–water partition coefficient (Wildman–Crippen LogP) is 4.65. The van der Waals surface area contributed by atoms with Crippen molar-refractivity contribution in [3.63, 3.8) is 0 Å². The highest BCUT2D eigenvalue weighted by Gasteiger charge is 2.03. The van der Waals surface area contributed by atoms with E-state index < -0.39 is 0 Å². The van der Waals surface area contributed by atoms with E-state index in [-0.39, 0.29) is 0 Å². The number of hydrogen-bond acceptors (Lipinski definition) is 0. The Labute approximate surface area is 112 Å². The predicted molar refractivity (Wildman–Crippen MR) is 77.2 cm³/mol. The molecule has 1 heterocycles. The molecule has 90 valence electrons. The van der Waals surface area contributed by atoms with Crippen LogP contribution in [0.5, 0.6) is 0 Å². The summed E-state index contributed by atoms with van der Waals surface area (Å²) in [5, 5.41) is 1.98. The quantitative estimate of drug-likeness (QED) is 0.628. The fourth-order valence-corrected chi connectivity index (χ4v) is 2.46. The molecule has 1 nitrogen and oxygen atoms in total. The normalized spacial score (nSPS) is 11.0. The maximum atomic E-state index is 6.00. The molecule has 2 heteroatoms. The molecule has 18 heavy (non-hydrogen) atoms. The standard InChI is InChI=1S/C16H14ClN/c1-12-4-2-3-5-14(12)11-18-9-8-13-10-15(17)6-7-16(13)18/h2-10H,11H2,1H3. The molecule has 3 rings (SSSR count). The number of halogens is 1. The lowest BCUT2D eigenvalue weighted by atomic mass is 10.1. The van der Waals surface area contributed by atoms with Crippen LogP contribution in [0.4, 0.5) is 0 Å². The molecule has 0 aliphatic carbocycles. The minimum atomic E-state index is 0.788. The highest BCUT2D eigenvalue weighted by atomic mass is 35.5. The summed E-state index contributed by atoms with van der Waals surface area (Å²) in [6, 6.07) is 16.6. The Hall–Kier alpha value is -1.73. The van der Waals surface area contributed by atoms with Crippen LogP contribution >= 0.6 is 11.6 Å². The Morgan fingerprint density at radius 2 is 1.89 bits per heavy atom. The van der Waals surface area contributed by atoms with Gasteiger partial charge < -0.3 is 4.57 Å². The van der Waals surface area contributed by atoms with E-state index in [0.717, 1.165) is 11.6 Å². The van der Waals surface area contributed by atoms with Gasteiger partial charge in [0.25, 0.3) is 0 Å². The third-order valence-corrected chi connectivity index (χ3v) is 3.57. The van der Waals surface area contributed by atoms with Crippen molar-refractivity contribution in [1.29, 1.82) is 0 Å². The van der Waals surface area contributed by atoms with E-state index in [1.54, 1.807) is 0 Å². The van der Waals surface area contributed by atoms with Crippen molar-refractivity contribution >= 4 is 22.5 Å². The van der Waals surface area contributed by atoms with Crippen LogP contribution < -0.4 is 0 Å². The first kappa shape index (κ1) is 11.4. The van der Waals surface area contributed by atoms with Gasteiger partial charge in [0.15, 0.2) is 0 Å². The molecule has 0 aliphatic heterocycles. The Morgan fingerprint density at radius 1 is 1.06 bits per heavy atom. The van der Waals surface area contributed by atoms with Crippen LogP contribution in [-0.2, 0) is 6.54 Å². The summed E-state index contributed by atoms with van der Waals surface area (Å²) in [7, 11) is 0. The van der Waals surface area contributed by atoms with E-state index in [2.05, 4.69) is 54.1 Å². The minimum Gasteiger partial charge on any atom is -0.343 e. The van der Waals surface area contributed by atoms with Crippen molar-refractivity contribution < 1.29 is 0 Å². The van der Waals surface area contributed by atoms with Crippen molar-refractivity contribution in [3.05, 3.63) is 70.9 Å². The van der Waals surface area contributed by atoms with Gasteiger partial charge in [0.2, 0.25) is 0 Å². The van der Waals surface area contributed by atoms with E-state index in [9.17, 15) is 0 Å². The molecule has 0 saturated heterocycles. The highest BCUT2D eigenvalue weighted by Crippen LogP contribution is 2.22. The van der Waals surface area contributed by atoms with Crippen LogP contribution in [0.2, 0.25) is 5.02 Å². The molecule has 0 N–H and O–H groups in total. The first-order valence-corrected chi connectivity index (χ1v) is 6.41. The molecular weight excluding hydrogens is 242 g/mol. The van der Waals surface area contributed by atoms with Crippen molar-refractivity contribution in [2.75, 3.05) is 0 Å². The number of aryl methyl sites for hydroxylation is 1. The molecule has 0 spiro atoms. The van der Waals surface area contributed by atoms with Gasteiger partial charge in [0.05, 0.1) is 0 Å². The number of benzene rings is 2. The fourth-order valence-electron chi connectivity index (χ4n) is 2.28. The number of nitrogens with zero attached hydrogens (tertiary/aromatic N) is 1. The molecule has 3 aromatic rings. The summed E-state index contributed by atoms with van der Waals surface area (Å²) in [6.45, 7) is 3.05. The number of fused-ring (bicyclic) bond motifs is 1. The van der Waals surface area contributed by atoms with Crippen LogP contribution in [0.1, 0.15) is 11.1 Å². The third kappa shape index (κ3) is 2.02. The maximum absolute atomic E-state index is 6.00. The molecular formula is C16H14ClN. The molecule has 0 amide bonds. The van der Waals surface area contributed by atoms with Gasteiger partial charge in [-0.25, -0.2) is 0 Å². The zero-order chi connectivity index (χ0) is 12.5. The summed E-state index contributed by atoms with van der Waals surface area (Å²) in [6.07, 6.45) is 2.12. The summed E-state index contributed by atoms with van der Waals surface area (Å²) in [5.41, 5.74) is 3.90. The Bertz CT molecular complexity index is 697. The molecule has 0 bridgehead atoms. The highest BCUT2D eigenvalue weighted by molar-refractivity contribution is 6.31. The van der Waals surface area contributed by atoms with Crippen LogP contribution in [-0.4, -0.2) is 4.57 Å². The van der Waals surface area contributed by atoms with E-state index in [4.69, 9.17) is 11.6 Å². The lowest BCUT2D eigenvalue weighted by molar-refractivity contribution is 0.830. The number of aromatic nitrogens is 1. The van der Waals surface area contributed by atoms with E-state index in [0.29, 0.717) is 0 Å². The van der Waals surface area contributed by atoms with Crippen molar-refractivity contribution in [2.45, 2.75) is 13.5 Å². The maximum Gasteiger partial charge on any atom is 0.0484 e. The largest absolute Gasteiger partial charge is 0.343 e. The first-order valence-electron chi connectivity index (χ1n) is 6.03. The Kier molecular flexibility index (Phi) is 2.85. The second-order valence-corrected chi connectivity index (χ2v) is 5.01. The fraction of sp³-hybridized carbons (Fsp3) is 0.125. The van der Waals surface area contributed by atoms with Gasteiger partial charge in [-0.3, -0.25) is 0 Å². The second kappa shape index (κ2) is 4.51. The van der Waals surface area contributed by atoms with Gasteiger partial charge in [0.1, 0.15) is 0 Å². The van der Waals surface area contributed by atoms with Crippen LogP contribution in [0.25, 0.3) is 10.9 Å². The molecule has 1 aromatic heterocycles. The molecule has 0 radical (unpaired) electrons. The van der Waals surface area contributed by atoms with E-state index >= 15 is 0 Å². The lowest BCUT2D eigenvalue weighted by Gasteiger charge is -2.08. The molecule has 0 unspecified atom stereocenters. The van der Waals surface area contributed by atoms with Crippen molar-refractivity contribution in [3.8, 4) is 0 Å². The van der Waals surface area contributed by atoms with Crippen LogP contribution in [0, 0.1) is 6.92 Å². The summed E-state index contributed by atoms with van der Waals surface area (Å²) in [5.74, 6) is 0. The topological polar surface area (TPSA) is 4.93 Å². The van der Waals surface area contributed by atoms with Gasteiger partial charge in [0, 0.05) is 28.7 Å². The summed E-state index contributed by atoms with van der Waals surface area (Å²) < 4.78 is 2.26. The van der Waals surface area contributed by atoms with Gasteiger partial charge in [-0.15, -0.1) is 0 Å². The first-order chi connectivity index (χ1) is 8.74. The smallest absolute Gasteiger partial charge is 0.0484 e. The zero-order valence-electron chi connectivity index (χ0n) is 10.2. The number of hydrogen-bond donors (Lipinski definition) is 0. The molecule has 0 saturated carbocycles. The minimum absolute atomic E-state index is 0.788. The Morgan fingerprint density at radius 3 is 2.72 bits per heavy atom. The molecule has 0 atom stereocenters. The second-order valence-electron chi connectivity index (χ2n) is 4.57. The molecule has 0 fully saturated rings. The van der Waals surface area contributed by atoms with Crippen LogP contribution in [0.3, 0.4) is 0 Å². The van der Waals surface area contributed by atoms with Crippen molar-refractivity contribution in [1.82, 2.24) is 4.57 Å². The third-order valence-electron chi connectivity index (χ3n) is 3.33. The molecule has 2 aromatic carbocycles. The summed E-state index contributed by atoms with van der Waals surface area (Å²) in [4.78, 5) is 0. The van der Waals surface area contributed by atoms with Gasteiger partial charge in [-0.2, -0.15) is 0 Å². The Balaban J connectivity index is 2.03. The van der Waals surface area contributed by atoms with Gasteiger partial charge >= 0.3 is 0 Å². The lowest BCUT2D eigenvalue weighted by Crippen LogP contribution is -1.99.